The van der Waals surface area contributed by atoms with Crippen molar-refractivity contribution in [2.24, 2.45) is 5.92 Å². The van der Waals surface area contributed by atoms with Crippen molar-refractivity contribution in [3.63, 3.8) is 0 Å². The number of benzene rings is 1. The zero-order chi connectivity index (χ0) is 15.1. The highest BCUT2D eigenvalue weighted by Gasteiger charge is 2.17. The Morgan fingerprint density at radius 2 is 2.10 bits per heavy atom. The van der Waals surface area contributed by atoms with Gasteiger partial charge in [-0.1, -0.05) is 6.07 Å². The van der Waals surface area contributed by atoms with Crippen LogP contribution >= 0.6 is 0 Å². The van der Waals surface area contributed by atoms with Gasteiger partial charge in [-0.3, -0.25) is 0 Å². The van der Waals surface area contributed by atoms with Crippen molar-refractivity contribution in [2.45, 2.75) is 19.3 Å². The van der Waals surface area contributed by atoms with Gasteiger partial charge >= 0.3 is 0 Å². The van der Waals surface area contributed by atoms with Crippen LogP contribution in [0.25, 0.3) is 0 Å². The third-order valence-electron chi connectivity index (χ3n) is 4.22. The molecule has 0 amide bonds. The Hall–Kier alpha value is -1.26. The van der Waals surface area contributed by atoms with Crippen LogP contribution in [0.15, 0.2) is 24.3 Å². The molecule has 0 saturated carbocycles. The van der Waals surface area contributed by atoms with Crippen molar-refractivity contribution in [3.8, 4) is 5.75 Å². The molecule has 4 nitrogen and oxygen atoms in total. The molecule has 1 saturated heterocycles. The lowest BCUT2D eigenvalue weighted by molar-refractivity contribution is 0.170. The first-order valence-corrected chi connectivity index (χ1v) is 7.99. The van der Waals surface area contributed by atoms with Crippen LogP contribution in [0.2, 0.25) is 0 Å². The van der Waals surface area contributed by atoms with E-state index in [2.05, 4.69) is 23.9 Å². The zero-order valence-electron chi connectivity index (χ0n) is 13.4. The van der Waals surface area contributed by atoms with Crippen molar-refractivity contribution in [3.05, 3.63) is 24.3 Å². The number of nitrogen functional groups attached to an aromatic ring is 1. The molecule has 1 aliphatic heterocycles. The standard InChI is InChI=1S/C17H29N3O/c1-19-10-7-15(8-11-19)14-20(2)9-4-12-21-17-6-3-5-16(18)13-17/h3,5-6,13,15H,4,7-12,14,18H2,1-2H3. The highest BCUT2D eigenvalue weighted by Crippen LogP contribution is 2.17. The molecule has 0 aromatic heterocycles. The fourth-order valence-electron chi connectivity index (χ4n) is 2.91. The maximum Gasteiger partial charge on any atom is 0.121 e. The first-order chi connectivity index (χ1) is 10.1. The van der Waals surface area contributed by atoms with Crippen molar-refractivity contribution in [2.75, 3.05) is 52.6 Å². The van der Waals surface area contributed by atoms with Crippen molar-refractivity contribution >= 4 is 5.69 Å². The summed E-state index contributed by atoms with van der Waals surface area (Å²) < 4.78 is 5.73. The third kappa shape index (κ3) is 5.94. The van der Waals surface area contributed by atoms with E-state index in [9.17, 15) is 0 Å². The van der Waals surface area contributed by atoms with E-state index >= 15 is 0 Å². The van der Waals surface area contributed by atoms with E-state index in [0.717, 1.165) is 36.9 Å². The Bertz CT molecular complexity index is 416. The molecule has 1 aromatic carbocycles. The maximum absolute atomic E-state index is 5.73. The summed E-state index contributed by atoms with van der Waals surface area (Å²) in [5.74, 6) is 1.73. The predicted molar refractivity (Wildman–Crippen MR) is 88.7 cm³/mol. The Labute approximate surface area is 128 Å². The van der Waals surface area contributed by atoms with Gasteiger partial charge in [-0.05, 0) is 64.5 Å². The summed E-state index contributed by atoms with van der Waals surface area (Å²) in [4.78, 5) is 4.87. The van der Waals surface area contributed by atoms with Gasteiger partial charge in [0.25, 0.3) is 0 Å². The molecule has 1 aliphatic rings. The molecule has 2 N–H and O–H groups in total. The van der Waals surface area contributed by atoms with E-state index in [-0.39, 0.29) is 0 Å². The molecule has 1 aromatic rings. The third-order valence-corrected chi connectivity index (χ3v) is 4.22. The SMILES string of the molecule is CN1CCC(CN(C)CCCOc2cccc(N)c2)CC1. The lowest BCUT2D eigenvalue weighted by atomic mass is 9.97. The fraction of sp³-hybridized carbons (Fsp3) is 0.647. The van der Waals surface area contributed by atoms with Crippen LogP contribution in [0.4, 0.5) is 5.69 Å². The average Bonchev–Trinajstić information content (AvgIpc) is 2.46. The number of nitrogens with two attached hydrogens (primary N) is 1. The van der Waals surface area contributed by atoms with Crippen LogP contribution in [0.1, 0.15) is 19.3 Å². The van der Waals surface area contributed by atoms with E-state index < -0.39 is 0 Å². The molecule has 0 radical (unpaired) electrons. The lowest BCUT2D eigenvalue weighted by Crippen LogP contribution is -2.36. The van der Waals surface area contributed by atoms with Crippen molar-refractivity contribution in [1.82, 2.24) is 9.80 Å². The second-order valence-electron chi connectivity index (χ2n) is 6.28. The Kier molecular flexibility index (Phi) is 6.33. The normalized spacial score (nSPS) is 17.3. The number of ether oxygens (including phenoxy) is 1. The molecule has 4 heteroatoms. The monoisotopic (exact) mass is 291 g/mol. The summed E-state index contributed by atoms with van der Waals surface area (Å²) in [7, 11) is 4.44. The molecule has 0 spiro atoms. The van der Waals surface area contributed by atoms with Crippen LogP contribution in [0.3, 0.4) is 0 Å². The van der Waals surface area contributed by atoms with Crippen LogP contribution in [0.5, 0.6) is 5.75 Å². The van der Waals surface area contributed by atoms with Gasteiger partial charge in [-0.25, -0.2) is 0 Å². The summed E-state index contributed by atoms with van der Waals surface area (Å²) in [6, 6.07) is 7.64. The largest absolute Gasteiger partial charge is 0.493 e. The van der Waals surface area contributed by atoms with E-state index in [1.54, 1.807) is 0 Å². The van der Waals surface area contributed by atoms with Crippen LogP contribution in [0, 0.1) is 5.92 Å². The molecular weight excluding hydrogens is 262 g/mol. The Morgan fingerprint density at radius 1 is 1.33 bits per heavy atom. The molecule has 21 heavy (non-hydrogen) atoms. The van der Waals surface area contributed by atoms with E-state index in [4.69, 9.17) is 10.5 Å². The van der Waals surface area contributed by atoms with Gasteiger partial charge in [0, 0.05) is 24.8 Å². The van der Waals surface area contributed by atoms with E-state index in [0.29, 0.717) is 0 Å². The number of anilines is 1. The minimum absolute atomic E-state index is 0.751. The van der Waals surface area contributed by atoms with Gasteiger partial charge in [0.1, 0.15) is 5.75 Å². The smallest absolute Gasteiger partial charge is 0.121 e. The highest BCUT2D eigenvalue weighted by atomic mass is 16.5. The molecule has 0 atom stereocenters. The Morgan fingerprint density at radius 3 is 2.81 bits per heavy atom. The number of hydrogen-bond donors (Lipinski definition) is 1. The first-order valence-electron chi connectivity index (χ1n) is 7.99. The second kappa shape index (κ2) is 8.25. The molecule has 0 aliphatic carbocycles. The van der Waals surface area contributed by atoms with Gasteiger partial charge in [-0.2, -0.15) is 0 Å². The minimum Gasteiger partial charge on any atom is -0.493 e. The van der Waals surface area contributed by atoms with E-state index in [1.807, 2.05) is 24.3 Å². The topological polar surface area (TPSA) is 41.7 Å². The average molecular weight is 291 g/mol. The van der Waals surface area contributed by atoms with Gasteiger partial charge in [0.05, 0.1) is 6.61 Å². The van der Waals surface area contributed by atoms with Crippen molar-refractivity contribution in [1.29, 1.82) is 0 Å². The summed E-state index contributed by atoms with van der Waals surface area (Å²) >= 11 is 0. The van der Waals surface area contributed by atoms with Crippen LogP contribution < -0.4 is 10.5 Å². The zero-order valence-corrected chi connectivity index (χ0v) is 13.4. The number of likely N-dealkylation sites (tertiary alicyclic amines) is 1. The molecule has 1 fully saturated rings. The number of rotatable bonds is 7. The van der Waals surface area contributed by atoms with Gasteiger partial charge in [-0.15, -0.1) is 0 Å². The minimum atomic E-state index is 0.751. The summed E-state index contributed by atoms with van der Waals surface area (Å²) in [6.45, 7) is 5.55. The second-order valence-corrected chi connectivity index (χ2v) is 6.28. The Balaban J connectivity index is 1.58. The number of nitrogens with zero attached hydrogens (tertiary/aromatic N) is 2. The number of hydrogen-bond acceptors (Lipinski definition) is 4. The van der Waals surface area contributed by atoms with Crippen molar-refractivity contribution < 1.29 is 4.74 Å². The molecule has 118 valence electrons. The molecule has 0 unspecified atom stereocenters. The summed E-state index contributed by atoms with van der Waals surface area (Å²) in [6.07, 6.45) is 3.72. The first kappa shape index (κ1) is 16.1. The van der Waals surface area contributed by atoms with Crippen LogP contribution in [-0.4, -0.2) is 56.7 Å². The predicted octanol–water partition coefficient (Wildman–Crippen LogP) is 2.31. The van der Waals surface area contributed by atoms with Gasteiger partial charge in [0.2, 0.25) is 0 Å². The van der Waals surface area contributed by atoms with E-state index in [1.165, 1.54) is 32.5 Å². The van der Waals surface area contributed by atoms with Gasteiger partial charge in [0.15, 0.2) is 0 Å². The molecular formula is C17H29N3O. The molecule has 0 bridgehead atoms. The van der Waals surface area contributed by atoms with Crippen LogP contribution in [-0.2, 0) is 0 Å². The highest BCUT2D eigenvalue weighted by molar-refractivity contribution is 5.43. The number of piperidine rings is 1. The fourth-order valence-corrected chi connectivity index (χ4v) is 2.91. The molecule has 2 rings (SSSR count). The maximum atomic E-state index is 5.73. The summed E-state index contributed by atoms with van der Waals surface area (Å²) in [5, 5.41) is 0. The quantitative estimate of drug-likeness (QED) is 0.618. The van der Waals surface area contributed by atoms with Gasteiger partial charge < -0.3 is 20.3 Å². The lowest BCUT2D eigenvalue weighted by Gasteiger charge is -2.31. The summed E-state index contributed by atoms with van der Waals surface area (Å²) in [5.41, 5.74) is 6.49. The molecule has 1 heterocycles.